The van der Waals surface area contributed by atoms with Gasteiger partial charge in [-0.1, -0.05) is 18.2 Å². The van der Waals surface area contributed by atoms with E-state index in [1.165, 1.54) is 0 Å². The predicted molar refractivity (Wildman–Crippen MR) is 74.5 cm³/mol. The molecule has 1 saturated heterocycles. The van der Waals surface area contributed by atoms with Gasteiger partial charge in [0.25, 0.3) is 5.92 Å². The molecule has 2 unspecified atom stereocenters. The van der Waals surface area contributed by atoms with Crippen LogP contribution in [0.2, 0.25) is 0 Å². The third-order valence-electron chi connectivity index (χ3n) is 5.08. The van der Waals surface area contributed by atoms with Gasteiger partial charge in [0.2, 0.25) is 0 Å². The summed E-state index contributed by atoms with van der Waals surface area (Å²) in [7, 11) is -0.392. The van der Waals surface area contributed by atoms with Crippen molar-refractivity contribution in [3.8, 4) is 0 Å². The average Bonchev–Trinajstić information content (AvgIpc) is 2.90. The highest BCUT2D eigenvalue weighted by Crippen LogP contribution is 2.55. The molecule has 3 aliphatic rings. The minimum absolute atomic E-state index is 0.0294. The molecule has 1 heterocycles. The zero-order chi connectivity index (χ0) is 14.8. The van der Waals surface area contributed by atoms with E-state index in [9.17, 15) is 8.78 Å². The van der Waals surface area contributed by atoms with Crippen LogP contribution in [0.5, 0.6) is 0 Å². The lowest BCUT2D eigenvalue weighted by molar-refractivity contribution is 0.00578. The maximum absolute atomic E-state index is 13.1. The van der Waals surface area contributed by atoms with Gasteiger partial charge in [-0.05, 0) is 45.5 Å². The van der Waals surface area contributed by atoms with Gasteiger partial charge in [0.05, 0.1) is 11.2 Å². The van der Waals surface area contributed by atoms with E-state index in [2.05, 4.69) is 0 Å². The van der Waals surface area contributed by atoms with Gasteiger partial charge in [0.1, 0.15) is 0 Å². The summed E-state index contributed by atoms with van der Waals surface area (Å²) in [4.78, 5) is 0. The first-order chi connectivity index (χ1) is 9.12. The van der Waals surface area contributed by atoms with E-state index in [1.807, 2.05) is 45.9 Å². The molecule has 0 amide bonds. The normalized spacial score (nSPS) is 36.9. The van der Waals surface area contributed by atoms with Crippen molar-refractivity contribution in [2.24, 2.45) is 11.8 Å². The van der Waals surface area contributed by atoms with Gasteiger partial charge < -0.3 is 9.31 Å². The molecule has 0 aromatic rings. The summed E-state index contributed by atoms with van der Waals surface area (Å²) in [6.07, 6.45) is 6.45. The Hall–Kier alpha value is -0.675. The van der Waals surface area contributed by atoms with Crippen LogP contribution in [-0.4, -0.2) is 24.2 Å². The quantitative estimate of drug-likeness (QED) is 0.718. The van der Waals surface area contributed by atoms with Crippen molar-refractivity contribution >= 4 is 7.12 Å². The maximum atomic E-state index is 13.1. The Kier molecular flexibility index (Phi) is 2.97. The Balaban J connectivity index is 1.66. The van der Waals surface area contributed by atoms with Crippen LogP contribution in [0.15, 0.2) is 23.7 Å². The maximum Gasteiger partial charge on any atom is 0.494 e. The standard InChI is InChI=1S/C15H21BF2O2/c1-13(2)14(3,4)20-16(19-13)11-7-5-10(6-8-11)12-9-15(12,17)18/h5,7-8,10,12H,6,9H2,1-4H3. The van der Waals surface area contributed by atoms with Crippen LogP contribution >= 0.6 is 0 Å². The predicted octanol–water partition coefficient (Wildman–Crippen LogP) is 3.78. The van der Waals surface area contributed by atoms with Crippen molar-refractivity contribution in [3.63, 3.8) is 0 Å². The van der Waals surface area contributed by atoms with Gasteiger partial charge in [0, 0.05) is 12.3 Å². The van der Waals surface area contributed by atoms with E-state index in [4.69, 9.17) is 9.31 Å². The van der Waals surface area contributed by atoms with Crippen molar-refractivity contribution in [1.82, 2.24) is 0 Å². The fourth-order valence-corrected chi connectivity index (χ4v) is 2.80. The van der Waals surface area contributed by atoms with Gasteiger partial charge in [-0.2, -0.15) is 0 Å². The molecule has 20 heavy (non-hydrogen) atoms. The molecule has 0 spiro atoms. The molecule has 0 aromatic carbocycles. The minimum Gasteiger partial charge on any atom is -0.399 e. The number of alkyl halides is 2. The summed E-state index contributed by atoms with van der Waals surface area (Å²) >= 11 is 0. The SMILES string of the molecule is CC1(C)OB(C2=CCC(C3CC3(F)F)C=C2)OC1(C)C. The van der Waals surface area contributed by atoms with Crippen molar-refractivity contribution in [1.29, 1.82) is 0 Å². The zero-order valence-corrected chi connectivity index (χ0v) is 12.5. The lowest BCUT2D eigenvalue weighted by Crippen LogP contribution is -2.41. The van der Waals surface area contributed by atoms with E-state index in [-0.39, 0.29) is 23.5 Å². The molecule has 1 aliphatic heterocycles. The Labute approximate surface area is 119 Å². The van der Waals surface area contributed by atoms with Crippen molar-refractivity contribution in [2.75, 3.05) is 0 Å². The molecule has 110 valence electrons. The highest BCUT2D eigenvalue weighted by molar-refractivity contribution is 6.55. The largest absolute Gasteiger partial charge is 0.494 e. The summed E-state index contributed by atoms with van der Waals surface area (Å²) in [5, 5.41) is 0. The van der Waals surface area contributed by atoms with Gasteiger partial charge >= 0.3 is 7.12 Å². The smallest absolute Gasteiger partial charge is 0.399 e. The molecular formula is C15H21BF2O2. The third-order valence-corrected chi connectivity index (χ3v) is 5.08. The molecule has 2 aliphatic carbocycles. The third kappa shape index (κ3) is 2.25. The molecule has 2 atom stereocenters. The van der Waals surface area contributed by atoms with Crippen LogP contribution in [0.3, 0.4) is 0 Å². The number of hydrogen-bond acceptors (Lipinski definition) is 2. The molecule has 5 heteroatoms. The number of hydrogen-bond donors (Lipinski definition) is 0. The van der Waals surface area contributed by atoms with Crippen LogP contribution < -0.4 is 0 Å². The first kappa shape index (κ1) is 14.3. The molecular weight excluding hydrogens is 261 g/mol. The number of halogens is 2. The lowest BCUT2D eigenvalue weighted by Gasteiger charge is -2.32. The number of allylic oxidation sites excluding steroid dienone is 4. The fourth-order valence-electron chi connectivity index (χ4n) is 2.80. The highest BCUT2D eigenvalue weighted by atomic mass is 19.3. The Bertz CT molecular complexity index is 466. The molecule has 0 N–H and O–H groups in total. The average molecular weight is 282 g/mol. The second kappa shape index (κ2) is 4.17. The van der Waals surface area contributed by atoms with E-state index in [0.29, 0.717) is 6.42 Å². The van der Waals surface area contributed by atoms with Gasteiger partial charge in [-0.3, -0.25) is 0 Å². The van der Waals surface area contributed by atoms with Crippen LogP contribution in [0.4, 0.5) is 8.78 Å². The summed E-state index contributed by atoms with van der Waals surface area (Å²) in [5.41, 5.74) is 0.211. The lowest BCUT2D eigenvalue weighted by atomic mass is 9.74. The molecule has 2 fully saturated rings. The van der Waals surface area contributed by atoms with Crippen LogP contribution in [0.1, 0.15) is 40.5 Å². The monoisotopic (exact) mass is 282 g/mol. The first-order valence-corrected chi connectivity index (χ1v) is 7.24. The minimum atomic E-state index is -2.45. The van der Waals surface area contributed by atoms with E-state index < -0.39 is 19.0 Å². The second-order valence-corrected chi connectivity index (χ2v) is 7.12. The topological polar surface area (TPSA) is 18.5 Å². The van der Waals surface area contributed by atoms with Gasteiger partial charge in [0.15, 0.2) is 0 Å². The van der Waals surface area contributed by atoms with Crippen molar-refractivity contribution in [2.45, 2.75) is 57.7 Å². The second-order valence-electron chi connectivity index (χ2n) is 7.12. The Morgan fingerprint density at radius 3 is 2.10 bits per heavy atom. The summed E-state index contributed by atoms with van der Waals surface area (Å²) in [5.74, 6) is -2.98. The first-order valence-electron chi connectivity index (χ1n) is 7.24. The van der Waals surface area contributed by atoms with Crippen LogP contribution in [0, 0.1) is 11.8 Å². The highest BCUT2D eigenvalue weighted by Gasteiger charge is 2.59. The van der Waals surface area contributed by atoms with Crippen LogP contribution in [0.25, 0.3) is 0 Å². The van der Waals surface area contributed by atoms with Crippen molar-refractivity contribution in [3.05, 3.63) is 23.7 Å². The summed E-state index contributed by atoms with van der Waals surface area (Å²) in [6, 6.07) is 0. The molecule has 1 saturated carbocycles. The van der Waals surface area contributed by atoms with E-state index >= 15 is 0 Å². The van der Waals surface area contributed by atoms with Crippen molar-refractivity contribution < 1.29 is 18.1 Å². The number of rotatable bonds is 2. The molecule has 3 rings (SSSR count). The van der Waals surface area contributed by atoms with Gasteiger partial charge in [-0.25, -0.2) is 8.78 Å². The molecule has 0 aromatic heterocycles. The Morgan fingerprint density at radius 2 is 1.70 bits per heavy atom. The van der Waals surface area contributed by atoms with E-state index in [1.54, 1.807) is 0 Å². The summed E-state index contributed by atoms with van der Waals surface area (Å²) in [6.45, 7) is 8.03. The fraction of sp³-hybridized carbons (Fsp3) is 0.733. The Morgan fingerprint density at radius 1 is 1.15 bits per heavy atom. The molecule has 2 nitrogen and oxygen atoms in total. The van der Waals surface area contributed by atoms with E-state index in [0.717, 1.165) is 5.47 Å². The molecule has 0 radical (unpaired) electrons. The van der Waals surface area contributed by atoms with Gasteiger partial charge in [-0.15, -0.1) is 0 Å². The summed E-state index contributed by atoms with van der Waals surface area (Å²) < 4.78 is 38.1. The van der Waals surface area contributed by atoms with Crippen LogP contribution in [-0.2, 0) is 9.31 Å². The zero-order valence-electron chi connectivity index (χ0n) is 12.5. The molecule has 0 bridgehead atoms.